The fourth-order valence-corrected chi connectivity index (χ4v) is 2.65. The minimum atomic E-state index is -0.206. The van der Waals surface area contributed by atoms with E-state index in [-0.39, 0.29) is 11.9 Å². The van der Waals surface area contributed by atoms with Crippen molar-refractivity contribution in [2.45, 2.75) is 19.0 Å². The Morgan fingerprint density at radius 2 is 2.21 bits per heavy atom. The SMILES string of the molecule is COCCCN1Cc2c(F)cc(OC)cc2C1CN. The van der Waals surface area contributed by atoms with E-state index in [4.69, 9.17) is 15.2 Å². The van der Waals surface area contributed by atoms with Crippen molar-refractivity contribution in [1.29, 1.82) is 0 Å². The number of ether oxygens (including phenoxy) is 2. The first-order chi connectivity index (χ1) is 9.21. The minimum absolute atomic E-state index is 0.0662. The van der Waals surface area contributed by atoms with Crippen LogP contribution >= 0.6 is 0 Å². The van der Waals surface area contributed by atoms with E-state index in [0.29, 0.717) is 25.4 Å². The molecule has 0 aliphatic carbocycles. The molecule has 106 valence electrons. The molecule has 0 amide bonds. The molecule has 0 saturated carbocycles. The van der Waals surface area contributed by atoms with Crippen LogP contribution in [0.25, 0.3) is 0 Å². The molecule has 4 nitrogen and oxygen atoms in total. The first-order valence-corrected chi connectivity index (χ1v) is 6.50. The molecular formula is C14H21FN2O2. The van der Waals surface area contributed by atoms with Gasteiger partial charge < -0.3 is 15.2 Å². The van der Waals surface area contributed by atoms with Crippen LogP contribution in [0.4, 0.5) is 4.39 Å². The predicted molar refractivity (Wildman–Crippen MR) is 71.7 cm³/mol. The largest absolute Gasteiger partial charge is 0.497 e. The fraction of sp³-hybridized carbons (Fsp3) is 0.571. The summed E-state index contributed by atoms with van der Waals surface area (Å²) < 4.78 is 24.2. The molecule has 2 N–H and O–H groups in total. The first kappa shape index (κ1) is 14.2. The van der Waals surface area contributed by atoms with E-state index in [2.05, 4.69) is 4.90 Å². The molecule has 0 saturated heterocycles. The zero-order valence-electron chi connectivity index (χ0n) is 11.5. The highest BCUT2D eigenvalue weighted by molar-refractivity contribution is 5.41. The molecule has 1 aliphatic heterocycles. The van der Waals surface area contributed by atoms with Crippen LogP contribution in [0.3, 0.4) is 0 Å². The van der Waals surface area contributed by atoms with Gasteiger partial charge in [0, 0.05) is 51.0 Å². The van der Waals surface area contributed by atoms with E-state index in [0.717, 1.165) is 24.1 Å². The third kappa shape index (κ3) is 2.88. The van der Waals surface area contributed by atoms with Crippen LogP contribution in [0.5, 0.6) is 5.75 Å². The fourth-order valence-electron chi connectivity index (χ4n) is 2.65. The Labute approximate surface area is 113 Å². The summed E-state index contributed by atoms with van der Waals surface area (Å²) in [6, 6.07) is 3.40. The summed E-state index contributed by atoms with van der Waals surface area (Å²) in [5.41, 5.74) is 7.55. The van der Waals surface area contributed by atoms with E-state index in [1.807, 2.05) is 6.07 Å². The molecule has 1 aromatic carbocycles. The number of fused-ring (bicyclic) bond motifs is 1. The number of rotatable bonds is 6. The average molecular weight is 268 g/mol. The smallest absolute Gasteiger partial charge is 0.131 e. The standard InChI is InChI=1S/C14H21FN2O2/c1-18-5-3-4-17-9-12-11(14(17)8-16)6-10(19-2)7-13(12)15/h6-7,14H,3-5,8-9,16H2,1-2H3. The van der Waals surface area contributed by atoms with Gasteiger partial charge in [0.1, 0.15) is 11.6 Å². The topological polar surface area (TPSA) is 47.7 Å². The quantitative estimate of drug-likeness (QED) is 0.798. The molecule has 2 rings (SSSR count). The van der Waals surface area contributed by atoms with E-state index in [9.17, 15) is 4.39 Å². The van der Waals surface area contributed by atoms with Gasteiger partial charge in [0.15, 0.2) is 0 Å². The molecular weight excluding hydrogens is 247 g/mol. The van der Waals surface area contributed by atoms with Crippen molar-refractivity contribution in [3.05, 3.63) is 29.1 Å². The van der Waals surface area contributed by atoms with Crippen LogP contribution < -0.4 is 10.5 Å². The molecule has 1 atom stereocenters. The Morgan fingerprint density at radius 3 is 2.84 bits per heavy atom. The van der Waals surface area contributed by atoms with Gasteiger partial charge in [0.2, 0.25) is 0 Å². The third-order valence-corrected chi connectivity index (χ3v) is 3.62. The Hall–Kier alpha value is -1.17. The normalized spacial score (nSPS) is 18.6. The number of nitrogens with zero attached hydrogens (tertiary/aromatic N) is 1. The summed E-state index contributed by atoms with van der Waals surface area (Å²) in [4.78, 5) is 2.20. The Morgan fingerprint density at radius 1 is 1.42 bits per heavy atom. The molecule has 0 radical (unpaired) electrons. The third-order valence-electron chi connectivity index (χ3n) is 3.62. The van der Waals surface area contributed by atoms with Crippen LogP contribution in [0, 0.1) is 5.82 Å². The van der Waals surface area contributed by atoms with Crippen LogP contribution in [-0.4, -0.2) is 38.8 Å². The maximum absolute atomic E-state index is 14.0. The van der Waals surface area contributed by atoms with Crippen LogP contribution in [0.2, 0.25) is 0 Å². The van der Waals surface area contributed by atoms with Crippen molar-refractivity contribution < 1.29 is 13.9 Å². The van der Waals surface area contributed by atoms with Crippen molar-refractivity contribution in [2.24, 2.45) is 5.73 Å². The van der Waals surface area contributed by atoms with E-state index >= 15 is 0 Å². The molecule has 1 aromatic rings. The van der Waals surface area contributed by atoms with E-state index < -0.39 is 0 Å². The zero-order chi connectivity index (χ0) is 13.8. The number of halogens is 1. The maximum Gasteiger partial charge on any atom is 0.131 e. The average Bonchev–Trinajstić information content (AvgIpc) is 2.77. The van der Waals surface area contributed by atoms with Gasteiger partial charge in [-0.05, 0) is 18.1 Å². The van der Waals surface area contributed by atoms with Gasteiger partial charge in [-0.15, -0.1) is 0 Å². The van der Waals surface area contributed by atoms with E-state index in [1.54, 1.807) is 14.2 Å². The van der Waals surface area contributed by atoms with Gasteiger partial charge in [0.25, 0.3) is 0 Å². The number of nitrogens with two attached hydrogens (primary N) is 1. The lowest BCUT2D eigenvalue weighted by Crippen LogP contribution is -2.29. The zero-order valence-corrected chi connectivity index (χ0v) is 11.5. The first-order valence-electron chi connectivity index (χ1n) is 6.50. The molecule has 0 aromatic heterocycles. The van der Waals surface area contributed by atoms with Crippen molar-refractivity contribution in [3.63, 3.8) is 0 Å². The summed E-state index contributed by atoms with van der Waals surface area (Å²) in [6.07, 6.45) is 0.916. The summed E-state index contributed by atoms with van der Waals surface area (Å²) in [5, 5.41) is 0. The van der Waals surface area contributed by atoms with E-state index in [1.165, 1.54) is 6.07 Å². The second kappa shape index (κ2) is 6.32. The minimum Gasteiger partial charge on any atom is -0.497 e. The van der Waals surface area contributed by atoms with Gasteiger partial charge in [-0.2, -0.15) is 0 Å². The lowest BCUT2D eigenvalue weighted by atomic mass is 10.0. The van der Waals surface area contributed by atoms with Crippen molar-refractivity contribution >= 4 is 0 Å². The second-order valence-electron chi connectivity index (χ2n) is 4.75. The highest BCUT2D eigenvalue weighted by Gasteiger charge is 2.31. The number of hydrogen-bond donors (Lipinski definition) is 1. The van der Waals surface area contributed by atoms with Crippen LogP contribution in [0.1, 0.15) is 23.6 Å². The molecule has 19 heavy (non-hydrogen) atoms. The van der Waals surface area contributed by atoms with Crippen molar-refractivity contribution in [2.75, 3.05) is 33.9 Å². The van der Waals surface area contributed by atoms with Crippen molar-refractivity contribution in [3.8, 4) is 5.75 Å². The maximum atomic E-state index is 14.0. The van der Waals surface area contributed by atoms with Gasteiger partial charge in [-0.1, -0.05) is 0 Å². The lowest BCUT2D eigenvalue weighted by Gasteiger charge is -2.23. The Bertz CT molecular complexity index is 440. The second-order valence-corrected chi connectivity index (χ2v) is 4.75. The highest BCUT2D eigenvalue weighted by atomic mass is 19.1. The summed E-state index contributed by atoms with van der Waals surface area (Å²) in [5.74, 6) is 0.343. The molecule has 1 aliphatic rings. The number of methoxy groups -OCH3 is 2. The summed E-state index contributed by atoms with van der Waals surface area (Å²) >= 11 is 0. The summed E-state index contributed by atoms with van der Waals surface area (Å²) in [6.45, 7) is 2.64. The van der Waals surface area contributed by atoms with Gasteiger partial charge in [-0.25, -0.2) is 4.39 Å². The van der Waals surface area contributed by atoms with Crippen LogP contribution in [0.15, 0.2) is 12.1 Å². The molecule has 0 fully saturated rings. The molecule has 0 bridgehead atoms. The molecule has 1 unspecified atom stereocenters. The summed E-state index contributed by atoms with van der Waals surface area (Å²) in [7, 11) is 3.23. The molecule has 1 heterocycles. The highest BCUT2D eigenvalue weighted by Crippen LogP contribution is 2.37. The molecule has 5 heteroatoms. The monoisotopic (exact) mass is 268 g/mol. The van der Waals surface area contributed by atoms with Gasteiger partial charge in [-0.3, -0.25) is 4.90 Å². The van der Waals surface area contributed by atoms with Gasteiger partial charge in [0.05, 0.1) is 7.11 Å². The Kier molecular flexibility index (Phi) is 4.74. The Balaban J connectivity index is 2.20. The lowest BCUT2D eigenvalue weighted by molar-refractivity contribution is 0.156. The van der Waals surface area contributed by atoms with Gasteiger partial charge >= 0.3 is 0 Å². The number of hydrogen-bond acceptors (Lipinski definition) is 4. The van der Waals surface area contributed by atoms with Crippen molar-refractivity contribution in [1.82, 2.24) is 4.90 Å². The number of benzene rings is 1. The molecule has 0 spiro atoms. The van der Waals surface area contributed by atoms with Crippen LogP contribution in [-0.2, 0) is 11.3 Å². The predicted octanol–water partition coefficient (Wildman–Crippen LogP) is 1.69.